The van der Waals surface area contributed by atoms with Crippen LogP contribution >= 0.6 is 11.3 Å². The van der Waals surface area contributed by atoms with Crippen molar-refractivity contribution in [2.75, 3.05) is 5.32 Å². The first-order chi connectivity index (χ1) is 13.0. The van der Waals surface area contributed by atoms with Gasteiger partial charge in [-0.3, -0.25) is 9.59 Å². The molecule has 1 amide bonds. The highest BCUT2D eigenvalue weighted by molar-refractivity contribution is 7.10. The molecule has 142 valence electrons. The Bertz CT molecular complexity index is 839. The van der Waals surface area contributed by atoms with Crippen LogP contribution in [0.25, 0.3) is 12.2 Å². The zero-order chi connectivity index (χ0) is 19.2. The molecule has 0 aliphatic heterocycles. The van der Waals surface area contributed by atoms with E-state index in [1.807, 2.05) is 30.4 Å². The maximum Gasteiger partial charge on any atom is 0.307 e. The first kappa shape index (κ1) is 19.3. The van der Waals surface area contributed by atoms with Crippen molar-refractivity contribution >= 4 is 41.1 Å². The summed E-state index contributed by atoms with van der Waals surface area (Å²) in [5.41, 5.74) is 2.82. The number of nitrogens with zero attached hydrogens (tertiary/aromatic N) is 1. The smallest absolute Gasteiger partial charge is 0.307 e. The second-order valence-electron chi connectivity index (χ2n) is 6.89. The van der Waals surface area contributed by atoms with E-state index < -0.39 is 11.9 Å². The predicted octanol–water partition coefficient (Wildman–Crippen LogP) is 5.02. The Morgan fingerprint density at radius 1 is 1.37 bits per heavy atom. The molecule has 1 saturated carbocycles. The Morgan fingerprint density at radius 2 is 2.19 bits per heavy atom. The number of thiazole rings is 1. The van der Waals surface area contributed by atoms with Crippen LogP contribution in [0.3, 0.4) is 0 Å². The van der Waals surface area contributed by atoms with Crippen LogP contribution in [0.2, 0.25) is 0 Å². The van der Waals surface area contributed by atoms with E-state index in [0.29, 0.717) is 18.0 Å². The van der Waals surface area contributed by atoms with Crippen LogP contribution in [-0.4, -0.2) is 22.0 Å². The van der Waals surface area contributed by atoms with Crippen LogP contribution in [0.1, 0.15) is 61.2 Å². The van der Waals surface area contributed by atoms with Gasteiger partial charge in [-0.15, -0.1) is 11.3 Å². The molecule has 1 fully saturated rings. The van der Waals surface area contributed by atoms with Gasteiger partial charge in [0.15, 0.2) is 0 Å². The van der Waals surface area contributed by atoms with Gasteiger partial charge in [0.05, 0.1) is 11.6 Å². The minimum atomic E-state index is -0.936. The molecule has 2 aromatic rings. The molecule has 0 radical (unpaired) electrons. The van der Waals surface area contributed by atoms with E-state index in [9.17, 15) is 9.59 Å². The van der Waals surface area contributed by atoms with Crippen LogP contribution in [-0.2, 0) is 9.59 Å². The molecule has 5 nitrogen and oxygen atoms in total. The van der Waals surface area contributed by atoms with E-state index in [1.54, 1.807) is 24.3 Å². The average molecular weight is 385 g/mol. The number of hydrogen-bond acceptors (Lipinski definition) is 4. The fraction of sp³-hybridized carbons (Fsp3) is 0.381. The lowest BCUT2D eigenvalue weighted by atomic mass is 9.83. The lowest BCUT2D eigenvalue weighted by Gasteiger charge is -2.22. The molecule has 1 unspecified atom stereocenters. The van der Waals surface area contributed by atoms with Gasteiger partial charge in [-0.25, -0.2) is 4.98 Å². The topological polar surface area (TPSA) is 79.3 Å². The second-order valence-corrected chi connectivity index (χ2v) is 7.78. The van der Waals surface area contributed by atoms with Crippen LogP contribution in [0.15, 0.2) is 29.6 Å². The molecule has 1 heterocycles. The number of benzene rings is 1. The quantitative estimate of drug-likeness (QED) is 0.670. The minimum Gasteiger partial charge on any atom is -0.481 e. The number of nitrogens with one attached hydrogen (secondary N) is 1. The van der Waals surface area contributed by atoms with Crippen molar-refractivity contribution in [3.8, 4) is 0 Å². The van der Waals surface area contributed by atoms with Crippen LogP contribution in [0.4, 0.5) is 5.69 Å². The largest absolute Gasteiger partial charge is 0.481 e. The van der Waals surface area contributed by atoms with Gasteiger partial charge in [0.1, 0.15) is 5.01 Å². The number of carbonyl (C=O) groups excluding carboxylic acids is 1. The molecular formula is C21H24N2O3S. The van der Waals surface area contributed by atoms with Gasteiger partial charge in [0.2, 0.25) is 5.91 Å². The van der Waals surface area contributed by atoms with E-state index in [4.69, 9.17) is 5.11 Å². The maximum absolute atomic E-state index is 12.1. The van der Waals surface area contributed by atoms with Crippen molar-refractivity contribution < 1.29 is 14.7 Å². The van der Waals surface area contributed by atoms with Crippen LogP contribution in [0.5, 0.6) is 0 Å². The summed E-state index contributed by atoms with van der Waals surface area (Å²) in [7, 11) is 0. The van der Waals surface area contributed by atoms with E-state index in [0.717, 1.165) is 10.6 Å². The Balaban J connectivity index is 1.60. The Kier molecular flexibility index (Phi) is 6.40. The first-order valence-corrected chi connectivity index (χ1v) is 10.2. The number of aromatic nitrogens is 1. The highest BCUT2D eigenvalue weighted by atomic mass is 32.1. The molecule has 1 aromatic heterocycles. The molecule has 6 heteroatoms. The number of hydrogen-bond donors (Lipinski definition) is 2. The molecule has 3 rings (SSSR count). The third-order valence-electron chi connectivity index (χ3n) is 4.93. The number of rotatable bonds is 8. The monoisotopic (exact) mass is 384 g/mol. The van der Waals surface area contributed by atoms with Crippen molar-refractivity contribution in [1.82, 2.24) is 4.98 Å². The molecule has 1 aliphatic carbocycles. The molecule has 1 aliphatic rings. The van der Waals surface area contributed by atoms with Gasteiger partial charge in [0.25, 0.3) is 0 Å². The molecular weight excluding hydrogens is 360 g/mol. The lowest BCUT2D eigenvalue weighted by molar-refractivity contribution is -0.143. The van der Waals surface area contributed by atoms with E-state index >= 15 is 0 Å². The SMILES string of the molecule is CCC(CC(=O)Nc1cccc(/C=C/c2nc(C3CCC3)cs2)c1)C(=O)O. The van der Waals surface area contributed by atoms with Crippen LogP contribution in [0, 0.1) is 5.92 Å². The number of carboxylic acid groups (broad SMARTS) is 1. The van der Waals surface area contributed by atoms with Gasteiger partial charge < -0.3 is 10.4 Å². The molecule has 1 atom stereocenters. The van der Waals surface area contributed by atoms with E-state index in [-0.39, 0.29) is 12.3 Å². The molecule has 2 N–H and O–H groups in total. The lowest BCUT2D eigenvalue weighted by Crippen LogP contribution is -2.21. The number of amides is 1. The molecule has 0 saturated heterocycles. The predicted molar refractivity (Wildman–Crippen MR) is 109 cm³/mol. The normalized spacial score (nSPS) is 15.4. The Labute approximate surface area is 163 Å². The Hall–Kier alpha value is -2.47. The summed E-state index contributed by atoms with van der Waals surface area (Å²) in [4.78, 5) is 27.8. The van der Waals surface area contributed by atoms with Gasteiger partial charge in [-0.05, 0) is 43.0 Å². The maximum atomic E-state index is 12.1. The summed E-state index contributed by atoms with van der Waals surface area (Å²) in [6.07, 6.45) is 8.18. The number of carbonyl (C=O) groups is 2. The summed E-state index contributed by atoms with van der Waals surface area (Å²) < 4.78 is 0. The van der Waals surface area contributed by atoms with Gasteiger partial charge in [-0.2, -0.15) is 0 Å². The highest BCUT2D eigenvalue weighted by Gasteiger charge is 2.21. The van der Waals surface area contributed by atoms with Crippen molar-refractivity contribution in [2.24, 2.45) is 5.92 Å². The van der Waals surface area contributed by atoms with Crippen molar-refractivity contribution in [1.29, 1.82) is 0 Å². The fourth-order valence-corrected chi connectivity index (χ4v) is 3.79. The number of carboxylic acids is 1. The van der Waals surface area contributed by atoms with Crippen molar-refractivity contribution in [2.45, 2.75) is 44.9 Å². The number of aliphatic carboxylic acids is 1. The molecule has 0 spiro atoms. The Morgan fingerprint density at radius 3 is 2.85 bits per heavy atom. The highest BCUT2D eigenvalue weighted by Crippen LogP contribution is 2.36. The van der Waals surface area contributed by atoms with Crippen LogP contribution < -0.4 is 5.32 Å². The van der Waals surface area contributed by atoms with Gasteiger partial charge >= 0.3 is 5.97 Å². The zero-order valence-electron chi connectivity index (χ0n) is 15.4. The summed E-state index contributed by atoms with van der Waals surface area (Å²) in [5, 5.41) is 15.0. The zero-order valence-corrected chi connectivity index (χ0v) is 16.2. The summed E-state index contributed by atoms with van der Waals surface area (Å²) >= 11 is 1.65. The average Bonchev–Trinajstić information content (AvgIpc) is 3.04. The van der Waals surface area contributed by atoms with Crippen molar-refractivity contribution in [3.05, 3.63) is 45.9 Å². The minimum absolute atomic E-state index is 0.0189. The van der Waals surface area contributed by atoms with E-state index in [2.05, 4.69) is 15.7 Å². The summed E-state index contributed by atoms with van der Waals surface area (Å²) in [5.74, 6) is -1.23. The number of anilines is 1. The third kappa shape index (κ3) is 5.26. The van der Waals surface area contributed by atoms with E-state index in [1.165, 1.54) is 25.0 Å². The summed E-state index contributed by atoms with van der Waals surface area (Å²) in [6, 6.07) is 7.50. The first-order valence-electron chi connectivity index (χ1n) is 9.31. The standard InChI is InChI=1S/C21H24N2O3S/c1-2-15(21(25)26)12-19(24)22-17-8-3-5-14(11-17)9-10-20-23-18(13-27-20)16-6-4-7-16/h3,5,8-11,13,15-16H,2,4,6-7,12H2,1H3,(H,22,24)(H,25,26)/b10-9+. The molecule has 27 heavy (non-hydrogen) atoms. The third-order valence-corrected chi connectivity index (χ3v) is 5.75. The second kappa shape index (κ2) is 8.95. The molecule has 1 aromatic carbocycles. The molecule has 0 bridgehead atoms. The fourth-order valence-electron chi connectivity index (χ4n) is 3.00. The summed E-state index contributed by atoms with van der Waals surface area (Å²) in [6.45, 7) is 1.77. The van der Waals surface area contributed by atoms with Gasteiger partial charge in [0, 0.05) is 23.4 Å². The van der Waals surface area contributed by atoms with Gasteiger partial charge in [-0.1, -0.05) is 31.6 Å². The van der Waals surface area contributed by atoms with Crippen molar-refractivity contribution in [3.63, 3.8) is 0 Å².